The molecule has 0 aliphatic heterocycles. The fourth-order valence-corrected chi connectivity index (χ4v) is 3.34. The minimum absolute atomic E-state index is 0.189. The normalized spacial score (nSPS) is 23.8. The van der Waals surface area contributed by atoms with E-state index in [-0.39, 0.29) is 17.2 Å². The molecular formula is C19H25NO. The molecule has 1 saturated carbocycles. The Morgan fingerprint density at radius 2 is 2.14 bits per heavy atom. The highest BCUT2D eigenvalue weighted by atomic mass is 16.2. The summed E-state index contributed by atoms with van der Waals surface area (Å²) in [5, 5.41) is 3.10. The lowest BCUT2D eigenvalue weighted by Gasteiger charge is -2.30. The molecule has 1 N–H and O–H groups in total. The molecule has 1 fully saturated rings. The van der Waals surface area contributed by atoms with Crippen LogP contribution in [0.3, 0.4) is 0 Å². The van der Waals surface area contributed by atoms with Gasteiger partial charge in [-0.05, 0) is 60.8 Å². The van der Waals surface area contributed by atoms with E-state index in [1.54, 1.807) is 0 Å². The van der Waals surface area contributed by atoms with Crippen LogP contribution in [-0.2, 0) is 11.2 Å². The number of carbonyl (C=O) groups is 1. The second-order valence-electron chi connectivity index (χ2n) is 7.04. The molecule has 0 bridgehead atoms. The van der Waals surface area contributed by atoms with Gasteiger partial charge in [0.05, 0.1) is 0 Å². The largest absolute Gasteiger partial charge is 0.326 e. The molecule has 2 aliphatic rings. The van der Waals surface area contributed by atoms with Crippen molar-refractivity contribution in [3.63, 3.8) is 0 Å². The van der Waals surface area contributed by atoms with Crippen LogP contribution >= 0.6 is 0 Å². The average molecular weight is 283 g/mol. The minimum atomic E-state index is 0.189. The third kappa shape index (κ3) is 3.04. The standard InChI is InChI=1S/C19H25NO/c1-4-8-19(3)9-7-15-11-17(13(2)10-16(15)12-19)20-18(21)14-5-6-14/h7,9-11,14H,4-6,8,12H2,1-3H3,(H,20,21). The number of anilines is 1. The lowest BCUT2D eigenvalue weighted by Crippen LogP contribution is -2.20. The number of amides is 1. The minimum Gasteiger partial charge on any atom is -0.326 e. The SMILES string of the molecule is CCCC1(C)C=Cc2cc(NC(=O)C3CC3)c(C)cc2C1. The Labute approximate surface area is 127 Å². The summed E-state index contributed by atoms with van der Waals surface area (Å²) in [6.07, 6.45) is 10.2. The zero-order valence-corrected chi connectivity index (χ0v) is 13.3. The summed E-state index contributed by atoms with van der Waals surface area (Å²) in [7, 11) is 0. The number of hydrogen-bond acceptors (Lipinski definition) is 1. The van der Waals surface area contributed by atoms with Crippen molar-refractivity contribution >= 4 is 17.7 Å². The lowest BCUT2D eigenvalue weighted by molar-refractivity contribution is -0.117. The van der Waals surface area contributed by atoms with Gasteiger partial charge in [-0.3, -0.25) is 4.79 Å². The molecule has 3 rings (SSSR count). The summed E-state index contributed by atoms with van der Waals surface area (Å²) in [4.78, 5) is 12.0. The molecule has 112 valence electrons. The van der Waals surface area contributed by atoms with Crippen molar-refractivity contribution in [2.75, 3.05) is 5.32 Å². The highest BCUT2D eigenvalue weighted by molar-refractivity contribution is 5.95. The smallest absolute Gasteiger partial charge is 0.227 e. The number of allylic oxidation sites excluding steroid dienone is 1. The van der Waals surface area contributed by atoms with Gasteiger partial charge in [0, 0.05) is 11.6 Å². The van der Waals surface area contributed by atoms with Gasteiger partial charge in [0.2, 0.25) is 5.91 Å². The molecule has 1 amide bonds. The van der Waals surface area contributed by atoms with Crippen LogP contribution in [0.25, 0.3) is 6.08 Å². The summed E-state index contributed by atoms with van der Waals surface area (Å²) < 4.78 is 0. The predicted octanol–water partition coefficient (Wildman–Crippen LogP) is 4.72. The van der Waals surface area contributed by atoms with Gasteiger partial charge in [-0.15, -0.1) is 0 Å². The van der Waals surface area contributed by atoms with Crippen molar-refractivity contribution in [2.45, 2.75) is 52.9 Å². The fraction of sp³-hybridized carbons (Fsp3) is 0.526. The summed E-state index contributed by atoms with van der Waals surface area (Å²) in [5.74, 6) is 0.442. The number of hydrogen-bond donors (Lipinski definition) is 1. The maximum atomic E-state index is 12.0. The van der Waals surface area contributed by atoms with E-state index in [1.165, 1.54) is 29.5 Å². The predicted molar refractivity (Wildman–Crippen MR) is 88.3 cm³/mol. The van der Waals surface area contributed by atoms with Gasteiger partial charge in [-0.1, -0.05) is 38.5 Å². The zero-order chi connectivity index (χ0) is 15.0. The second-order valence-corrected chi connectivity index (χ2v) is 7.04. The summed E-state index contributed by atoms with van der Waals surface area (Å²) in [6, 6.07) is 4.40. The Morgan fingerprint density at radius 1 is 1.38 bits per heavy atom. The molecular weight excluding hydrogens is 258 g/mol. The van der Waals surface area contributed by atoms with Crippen LogP contribution in [0.2, 0.25) is 0 Å². The van der Waals surface area contributed by atoms with Crippen molar-refractivity contribution in [3.05, 3.63) is 34.9 Å². The number of benzene rings is 1. The maximum absolute atomic E-state index is 12.0. The van der Waals surface area contributed by atoms with Gasteiger partial charge in [-0.2, -0.15) is 0 Å². The lowest BCUT2D eigenvalue weighted by atomic mass is 9.74. The van der Waals surface area contributed by atoms with E-state index in [1.807, 2.05) is 0 Å². The quantitative estimate of drug-likeness (QED) is 0.851. The van der Waals surface area contributed by atoms with Crippen LogP contribution in [0.15, 0.2) is 18.2 Å². The first-order valence-corrected chi connectivity index (χ1v) is 8.14. The number of carbonyl (C=O) groups excluding carboxylic acids is 1. The molecule has 2 aliphatic carbocycles. The first-order chi connectivity index (χ1) is 10.0. The molecule has 0 saturated heterocycles. The van der Waals surface area contributed by atoms with E-state index in [0.29, 0.717) is 0 Å². The van der Waals surface area contributed by atoms with Gasteiger partial charge in [0.1, 0.15) is 0 Å². The monoisotopic (exact) mass is 283 g/mol. The molecule has 2 heteroatoms. The van der Waals surface area contributed by atoms with Gasteiger partial charge < -0.3 is 5.32 Å². The van der Waals surface area contributed by atoms with Gasteiger partial charge in [-0.25, -0.2) is 0 Å². The molecule has 2 nitrogen and oxygen atoms in total. The number of rotatable bonds is 4. The topological polar surface area (TPSA) is 29.1 Å². The van der Waals surface area contributed by atoms with Crippen LogP contribution in [-0.4, -0.2) is 5.91 Å². The molecule has 1 aromatic rings. The third-order valence-corrected chi connectivity index (χ3v) is 4.77. The Hall–Kier alpha value is -1.57. The van der Waals surface area contributed by atoms with Crippen molar-refractivity contribution in [1.29, 1.82) is 0 Å². The zero-order valence-electron chi connectivity index (χ0n) is 13.3. The van der Waals surface area contributed by atoms with Crippen LogP contribution < -0.4 is 5.32 Å². The van der Waals surface area contributed by atoms with E-state index in [2.05, 4.69) is 50.4 Å². The van der Waals surface area contributed by atoms with Crippen LogP contribution in [0.5, 0.6) is 0 Å². The molecule has 1 atom stereocenters. The summed E-state index contributed by atoms with van der Waals surface area (Å²) in [5.41, 5.74) is 5.12. The van der Waals surface area contributed by atoms with E-state index in [0.717, 1.165) is 24.9 Å². The van der Waals surface area contributed by atoms with E-state index in [4.69, 9.17) is 0 Å². The summed E-state index contributed by atoms with van der Waals surface area (Å²) >= 11 is 0. The average Bonchev–Trinajstić information content (AvgIpc) is 3.24. The van der Waals surface area contributed by atoms with Crippen LogP contribution in [0.4, 0.5) is 5.69 Å². The van der Waals surface area contributed by atoms with Gasteiger partial charge in [0.15, 0.2) is 0 Å². The first kappa shape index (κ1) is 14.4. The fourth-order valence-electron chi connectivity index (χ4n) is 3.34. The van der Waals surface area contributed by atoms with Gasteiger partial charge in [0.25, 0.3) is 0 Å². The van der Waals surface area contributed by atoms with E-state index >= 15 is 0 Å². The summed E-state index contributed by atoms with van der Waals surface area (Å²) in [6.45, 7) is 6.68. The first-order valence-electron chi connectivity index (χ1n) is 8.14. The van der Waals surface area contributed by atoms with Crippen molar-refractivity contribution in [1.82, 2.24) is 0 Å². The number of nitrogens with one attached hydrogen (secondary N) is 1. The maximum Gasteiger partial charge on any atom is 0.227 e. The Kier molecular flexibility index (Phi) is 3.64. The Bertz CT molecular complexity index is 598. The van der Waals surface area contributed by atoms with Crippen molar-refractivity contribution < 1.29 is 4.79 Å². The molecule has 0 spiro atoms. The molecule has 0 heterocycles. The molecule has 1 unspecified atom stereocenters. The Morgan fingerprint density at radius 3 is 2.81 bits per heavy atom. The Balaban J connectivity index is 1.84. The highest BCUT2D eigenvalue weighted by Gasteiger charge is 2.30. The van der Waals surface area contributed by atoms with E-state index < -0.39 is 0 Å². The molecule has 1 aromatic carbocycles. The number of aryl methyl sites for hydroxylation is 1. The highest BCUT2D eigenvalue weighted by Crippen LogP contribution is 2.38. The molecule has 0 radical (unpaired) electrons. The van der Waals surface area contributed by atoms with Gasteiger partial charge >= 0.3 is 0 Å². The second kappa shape index (κ2) is 5.32. The number of fused-ring (bicyclic) bond motifs is 1. The molecule has 21 heavy (non-hydrogen) atoms. The van der Waals surface area contributed by atoms with Crippen molar-refractivity contribution in [3.8, 4) is 0 Å². The van der Waals surface area contributed by atoms with Crippen LogP contribution in [0, 0.1) is 18.3 Å². The van der Waals surface area contributed by atoms with Crippen LogP contribution in [0.1, 0.15) is 56.2 Å². The molecule has 0 aromatic heterocycles. The van der Waals surface area contributed by atoms with E-state index in [9.17, 15) is 4.79 Å². The van der Waals surface area contributed by atoms with Crippen molar-refractivity contribution in [2.24, 2.45) is 11.3 Å². The third-order valence-electron chi connectivity index (χ3n) is 4.77.